The van der Waals surface area contributed by atoms with Gasteiger partial charge >= 0.3 is 0 Å². The molecule has 0 spiro atoms. The van der Waals surface area contributed by atoms with Gasteiger partial charge in [-0.2, -0.15) is 0 Å². The molecule has 2 aliphatic heterocycles. The van der Waals surface area contributed by atoms with Crippen LogP contribution in [-0.2, 0) is 6.54 Å². The van der Waals surface area contributed by atoms with E-state index < -0.39 is 0 Å². The first kappa shape index (κ1) is 16.2. The lowest BCUT2D eigenvalue weighted by Gasteiger charge is -2.37. The predicted molar refractivity (Wildman–Crippen MR) is 97.2 cm³/mol. The zero-order valence-corrected chi connectivity index (χ0v) is 14.5. The fourth-order valence-corrected chi connectivity index (χ4v) is 4.59. The number of hydrogen-bond donors (Lipinski definition) is 1. The minimum Gasteiger partial charge on any atom is -0.315 e. The van der Waals surface area contributed by atoms with Crippen molar-refractivity contribution in [3.8, 4) is 0 Å². The van der Waals surface area contributed by atoms with Crippen LogP contribution in [0.15, 0.2) is 29.6 Å². The van der Waals surface area contributed by atoms with Crippen LogP contribution in [0.2, 0.25) is 0 Å². The zero-order chi connectivity index (χ0) is 14.1. The fourth-order valence-electron chi connectivity index (χ4n) is 3.63. The third kappa shape index (κ3) is 3.31. The summed E-state index contributed by atoms with van der Waals surface area (Å²) in [6.07, 6.45) is 1.33. The lowest BCUT2D eigenvalue weighted by molar-refractivity contribution is 0.0984. The highest BCUT2D eigenvalue weighted by Gasteiger charge is 2.26. The molecular formula is C17H24ClN3S. The topological polar surface area (TPSA) is 18.5 Å². The van der Waals surface area contributed by atoms with E-state index in [0.717, 1.165) is 12.6 Å². The van der Waals surface area contributed by atoms with Crippen LogP contribution in [-0.4, -0.2) is 55.1 Å². The summed E-state index contributed by atoms with van der Waals surface area (Å²) in [5, 5.41) is 7.28. The summed E-state index contributed by atoms with van der Waals surface area (Å²) in [4.78, 5) is 5.30. The average Bonchev–Trinajstić information content (AvgIpc) is 3.19. The summed E-state index contributed by atoms with van der Waals surface area (Å²) >= 11 is 1.88. The molecule has 1 aromatic carbocycles. The largest absolute Gasteiger partial charge is 0.315 e. The van der Waals surface area contributed by atoms with E-state index in [1.807, 2.05) is 11.3 Å². The third-order valence-electron chi connectivity index (χ3n) is 4.91. The number of rotatable bonds is 3. The molecule has 0 aliphatic carbocycles. The second-order valence-corrected chi connectivity index (χ2v) is 7.13. The molecular weight excluding hydrogens is 314 g/mol. The SMILES string of the molecule is Cl.c1ccc2c(CN3CCN(C4CCNC4)CC3)csc2c1. The maximum absolute atomic E-state index is 3.48. The molecule has 0 amide bonds. The van der Waals surface area contributed by atoms with Crippen LogP contribution in [0.25, 0.3) is 10.1 Å². The monoisotopic (exact) mass is 337 g/mol. The molecule has 1 N–H and O–H groups in total. The van der Waals surface area contributed by atoms with Crippen LogP contribution >= 0.6 is 23.7 Å². The van der Waals surface area contributed by atoms with Crippen molar-refractivity contribution >= 4 is 33.8 Å². The van der Waals surface area contributed by atoms with Crippen molar-refractivity contribution in [3.63, 3.8) is 0 Å². The summed E-state index contributed by atoms with van der Waals surface area (Å²) in [5.74, 6) is 0. The number of thiophene rings is 1. The molecule has 2 aliphatic rings. The maximum Gasteiger partial charge on any atom is 0.0346 e. The Morgan fingerprint density at radius 2 is 1.95 bits per heavy atom. The van der Waals surface area contributed by atoms with Crippen molar-refractivity contribution < 1.29 is 0 Å². The van der Waals surface area contributed by atoms with Gasteiger partial charge in [0.15, 0.2) is 0 Å². The van der Waals surface area contributed by atoms with Gasteiger partial charge < -0.3 is 5.32 Å². The molecule has 2 aromatic rings. The summed E-state index contributed by atoms with van der Waals surface area (Å²) in [5.41, 5.74) is 1.51. The van der Waals surface area contributed by atoms with Crippen molar-refractivity contribution in [1.82, 2.24) is 15.1 Å². The highest BCUT2D eigenvalue weighted by molar-refractivity contribution is 7.17. The first-order valence-electron chi connectivity index (χ1n) is 8.02. The number of nitrogens with zero attached hydrogens (tertiary/aromatic N) is 2. The minimum absolute atomic E-state index is 0. The lowest BCUT2D eigenvalue weighted by Crippen LogP contribution is -2.50. The quantitative estimate of drug-likeness (QED) is 0.929. The Kier molecular flexibility index (Phi) is 5.37. The van der Waals surface area contributed by atoms with E-state index in [-0.39, 0.29) is 12.4 Å². The predicted octanol–water partition coefficient (Wildman–Crippen LogP) is 2.80. The van der Waals surface area contributed by atoms with Crippen molar-refractivity contribution in [2.75, 3.05) is 39.3 Å². The zero-order valence-electron chi connectivity index (χ0n) is 12.8. The summed E-state index contributed by atoms with van der Waals surface area (Å²) in [6.45, 7) is 8.38. The number of piperazine rings is 1. The van der Waals surface area contributed by atoms with Crippen molar-refractivity contribution in [2.24, 2.45) is 0 Å². The van der Waals surface area contributed by atoms with Crippen LogP contribution in [0, 0.1) is 0 Å². The van der Waals surface area contributed by atoms with Crippen LogP contribution in [0.4, 0.5) is 0 Å². The molecule has 4 rings (SSSR count). The second-order valence-electron chi connectivity index (χ2n) is 6.22. The number of benzene rings is 1. The molecule has 0 radical (unpaired) electrons. The molecule has 2 fully saturated rings. The van der Waals surface area contributed by atoms with Crippen molar-refractivity contribution in [1.29, 1.82) is 0 Å². The first-order valence-corrected chi connectivity index (χ1v) is 8.90. The fraction of sp³-hybridized carbons (Fsp3) is 0.529. The summed E-state index contributed by atoms with van der Waals surface area (Å²) in [6, 6.07) is 9.57. The highest BCUT2D eigenvalue weighted by Crippen LogP contribution is 2.27. The molecule has 1 atom stereocenters. The molecule has 1 aromatic heterocycles. The van der Waals surface area contributed by atoms with Gasteiger partial charge in [0.1, 0.15) is 0 Å². The molecule has 3 nitrogen and oxygen atoms in total. The van der Waals surface area contributed by atoms with Gasteiger partial charge in [-0.15, -0.1) is 23.7 Å². The Bertz CT molecular complexity index is 601. The van der Waals surface area contributed by atoms with E-state index in [1.54, 1.807) is 0 Å². The Labute approximate surface area is 142 Å². The second kappa shape index (κ2) is 7.28. The Morgan fingerprint density at radius 3 is 2.73 bits per heavy atom. The van der Waals surface area contributed by atoms with E-state index in [1.165, 1.54) is 61.3 Å². The molecule has 3 heterocycles. The molecule has 1 unspecified atom stereocenters. The van der Waals surface area contributed by atoms with E-state index in [2.05, 4.69) is 44.8 Å². The third-order valence-corrected chi connectivity index (χ3v) is 5.92. The Hall–Kier alpha value is -0.650. The molecule has 2 saturated heterocycles. The van der Waals surface area contributed by atoms with Gasteiger partial charge in [0.25, 0.3) is 0 Å². The van der Waals surface area contributed by atoms with Crippen LogP contribution < -0.4 is 5.32 Å². The number of halogens is 1. The standard InChI is InChI=1S/C17H23N3S.ClH/c1-2-4-17-16(3-1)14(13-21-17)12-19-7-9-20(10-8-19)15-5-6-18-11-15;/h1-4,13,15,18H,5-12H2;1H. The van der Waals surface area contributed by atoms with Gasteiger partial charge in [-0.3, -0.25) is 9.80 Å². The maximum atomic E-state index is 3.48. The van der Waals surface area contributed by atoms with Gasteiger partial charge in [0.2, 0.25) is 0 Å². The average molecular weight is 338 g/mol. The van der Waals surface area contributed by atoms with Crippen LogP contribution in [0.5, 0.6) is 0 Å². The minimum atomic E-state index is 0. The Balaban J connectivity index is 0.00000144. The molecule has 22 heavy (non-hydrogen) atoms. The van der Waals surface area contributed by atoms with Gasteiger partial charge in [-0.05, 0) is 35.4 Å². The summed E-state index contributed by atoms with van der Waals surface area (Å²) in [7, 11) is 0. The summed E-state index contributed by atoms with van der Waals surface area (Å²) < 4.78 is 1.42. The molecule has 120 valence electrons. The van der Waals surface area contributed by atoms with E-state index in [4.69, 9.17) is 0 Å². The van der Waals surface area contributed by atoms with E-state index >= 15 is 0 Å². The highest BCUT2D eigenvalue weighted by atomic mass is 35.5. The van der Waals surface area contributed by atoms with Gasteiger partial charge in [0.05, 0.1) is 0 Å². The van der Waals surface area contributed by atoms with Crippen molar-refractivity contribution in [3.05, 3.63) is 35.2 Å². The van der Waals surface area contributed by atoms with Gasteiger partial charge in [0, 0.05) is 50.0 Å². The lowest BCUT2D eigenvalue weighted by atomic mass is 10.1. The van der Waals surface area contributed by atoms with Crippen LogP contribution in [0.3, 0.4) is 0 Å². The molecule has 5 heteroatoms. The van der Waals surface area contributed by atoms with E-state index in [0.29, 0.717) is 0 Å². The molecule has 0 bridgehead atoms. The van der Waals surface area contributed by atoms with Crippen LogP contribution in [0.1, 0.15) is 12.0 Å². The van der Waals surface area contributed by atoms with Gasteiger partial charge in [-0.25, -0.2) is 0 Å². The van der Waals surface area contributed by atoms with Gasteiger partial charge in [-0.1, -0.05) is 18.2 Å². The normalized spacial score (nSPS) is 23.7. The first-order chi connectivity index (χ1) is 10.4. The van der Waals surface area contributed by atoms with E-state index in [9.17, 15) is 0 Å². The number of hydrogen-bond acceptors (Lipinski definition) is 4. The van der Waals surface area contributed by atoms with Crippen molar-refractivity contribution in [2.45, 2.75) is 19.0 Å². The smallest absolute Gasteiger partial charge is 0.0346 e. The number of fused-ring (bicyclic) bond motifs is 1. The Morgan fingerprint density at radius 1 is 1.14 bits per heavy atom. The molecule has 0 saturated carbocycles. The number of nitrogens with one attached hydrogen (secondary N) is 1.